The van der Waals surface area contributed by atoms with Crippen LogP contribution < -0.4 is 0 Å². The first kappa shape index (κ1) is 19.2. The van der Waals surface area contributed by atoms with Gasteiger partial charge in [-0.2, -0.15) is 5.26 Å². The summed E-state index contributed by atoms with van der Waals surface area (Å²) in [6.45, 7) is 4.67. The number of ketones is 1. The zero-order valence-corrected chi connectivity index (χ0v) is 15.0. The molecule has 0 aliphatic carbocycles. The van der Waals surface area contributed by atoms with Crippen LogP contribution in [0.3, 0.4) is 0 Å². The Morgan fingerprint density at radius 1 is 1.38 bits per heavy atom. The second-order valence-corrected chi connectivity index (χ2v) is 5.72. The summed E-state index contributed by atoms with van der Waals surface area (Å²) in [4.78, 5) is 26.7. The van der Waals surface area contributed by atoms with Crippen LogP contribution >= 0.6 is 0 Å². The lowest BCUT2D eigenvalue weighted by Crippen LogP contribution is -2.15. The zero-order valence-electron chi connectivity index (χ0n) is 15.0. The highest BCUT2D eigenvalue weighted by molar-refractivity contribution is 6.01. The molecule has 0 aliphatic rings. The van der Waals surface area contributed by atoms with Crippen molar-refractivity contribution < 1.29 is 19.1 Å². The standard InChI is InChI=1S/C19H21N3O4/c1-13-9-15(14(2)22(13)7-8-25-3)10-16(11-20)19(24)26-12-18(23)17-5-4-6-21-17/h4-6,9-10,21H,7-8,12H2,1-3H3/b16-10-. The fourth-order valence-electron chi connectivity index (χ4n) is 2.58. The Balaban J connectivity index is 2.11. The third-order valence-electron chi connectivity index (χ3n) is 4.00. The summed E-state index contributed by atoms with van der Waals surface area (Å²) in [5.41, 5.74) is 2.86. The Hall–Kier alpha value is -3.11. The van der Waals surface area contributed by atoms with Crippen molar-refractivity contribution in [3.63, 3.8) is 0 Å². The third kappa shape index (κ3) is 4.49. The van der Waals surface area contributed by atoms with Gasteiger partial charge in [0.2, 0.25) is 5.78 Å². The van der Waals surface area contributed by atoms with Gasteiger partial charge in [0.05, 0.1) is 12.3 Å². The molecule has 0 unspecified atom stereocenters. The molecule has 0 radical (unpaired) electrons. The minimum Gasteiger partial charge on any atom is -0.453 e. The zero-order chi connectivity index (χ0) is 19.1. The molecule has 2 heterocycles. The van der Waals surface area contributed by atoms with E-state index in [1.807, 2.05) is 30.6 Å². The van der Waals surface area contributed by atoms with Crippen molar-refractivity contribution in [3.8, 4) is 6.07 Å². The van der Waals surface area contributed by atoms with E-state index in [-0.39, 0.29) is 11.4 Å². The topological polar surface area (TPSA) is 97.1 Å². The molecule has 0 spiro atoms. The lowest BCUT2D eigenvalue weighted by Gasteiger charge is -2.08. The smallest absolute Gasteiger partial charge is 0.349 e. The highest BCUT2D eigenvalue weighted by Gasteiger charge is 2.16. The number of nitriles is 1. The van der Waals surface area contributed by atoms with Gasteiger partial charge in [-0.05, 0) is 43.7 Å². The second kappa shape index (κ2) is 8.83. The third-order valence-corrected chi connectivity index (χ3v) is 4.00. The normalized spacial score (nSPS) is 11.2. The molecule has 0 saturated heterocycles. The average molecular weight is 355 g/mol. The van der Waals surface area contributed by atoms with Crippen LogP contribution in [-0.4, -0.2) is 41.6 Å². The first-order valence-corrected chi connectivity index (χ1v) is 8.09. The number of hydrogen-bond donors (Lipinski definition) is 1. The summed E-state index contributed by atoms with van der Waals surface area (Å²) in [7, 11) is 1.63. The monoisotopic (exact) mass is 355 g/mol. The van der Waals surface area contributed by atoms with Gasteiger partial charge in [-0.1, -0.05) is 0 Å². The fourth-order valence-corrected chi connectivity index (χ4v) is 2.58. The number of Topliss-reactive ketones (excluding diaryl/α,β-unsaturated/α-hetero) is 1. The van der Waals surface area contributed by atoms with Crippen molar-refractivity contribution in [3.05, 3.63) is 52.6 Å². The number of aryl methyl sites for hydroxylation is 1. The number of rotatable bonds is 8. The van der Waals surface area contributed by atoms with Crippen molar-refractivity contribution in [2.24, 2.45) is 0 Å². The molecule has 136 valence electrons. The van der Waals surface area contributed by atoms with Crippen molar-refractivity contribution in [2.75, 3.05) is 20.3 Å². The minimum atomic E-state index is -0.825. The van der Waals surface area contributed by atoms with Crippen LogP contribution in [0.1, 0.15) is 27.4 Å². The summed E-state index contributed by atoms with van der Waals surface area (Å²) < 4.78 is 12.1. The number of nitrogens with zero attached hydrogens (tertiary/aromatic N) is 2. The van der Waals surface area contributed by atoms with Gasteiger partial charge in [0, 0.05) is 31.2 Å². The molecule has 2 aromatic rings. The van der Waals surface area contributed by atoms with Gasteiger partial charge in [0.15, 0.2) is 6.61 Å². The second-order valence-electron chi connectivity index (χ2n) is 5.72. The molecule has 7 heteroatoms. The van der Waals surface area contributed by atoms with Crippen LogP contribution in [0.15, 0.2) is 30.0 Å². The van der Waals surface area contributed by atoms with E-state index in [9.17, 15) is 14.9 Å². The molecule has 2 rings (SSSR count). The van der Waals surface area contributed by atoms with Gasteiger partial charge in [-0.3, -0.25) is 4.79 Å². The average Bonchev–Trinajstić information content (AvgIpc) is 3.25. The number of nitrogens with one attached hydrogen (secondary N) is 1. The summed E-state index contributed by atoms with van der Waals surface area (Å²) in [6.07, 6.45) is 3.09. The predicted molar refractivity (Wildman–Crippen MR) is 95.5 cm³/mol. The number of esters is 1. The molecule has 0 fully saturated rings. The summed E-state index contributed by atoms with van der Waals surface area (Å²) in [5, 5.41) is 9.28. The van der Waals surface area contributed by atoms with Gasteiger partial charge >= 0.3 is 5.97 Å². The first-order chi connectivity index (χ1) is 12.5. The van der Waals surface area contributed by atoms with E-state index >= 15 is 0 Å². The van der Waals surface area contributed by atoms with Crippen molar-refractivity contribution >= 4 is 17.8 Å². The number of carbonyl (C=O) groups excluding carboxylic acids is 2. The van der Waals surface area contributed by atoms with E-state index in [2.05, 4.69) is 4.98 Å². The SMILES string of the molecule is COCCn1c(C)cc(/C=C(/C#N)C(=O)OCC(=O)c2ccc[nH]2)c1C. The number of hydrogen-bond acceptors (Lipinski definition) is 5. The molecule has 26 heavy (non-hydrogen) atoms. The van der Waals surface area contributed by atoms with Crippen molar-refractivity contribution in [1.29, 1.82) is 5.26 Å². The van der Waals surface area contributed by atoms with E-state index in [0.29, 0.717) is 18.8 Å². The highest BCUT2D eigenvalue weighted by Crippen LogP contribution is 2.18. The van der Waals surface area contributed by atoms with Crippen LogP contribution in [0.5, 0.6) is 0 Å². The molecule has 1 N–H and O–H groups in total. The maximum atomic E-state index is 12.1. The van der Waals surface area contributed by atoms with Gasteiger partial charge in [0.1, 0.15) is 11.6 Å². The number of carbonyl (C=O) groups is 2. The Morgan fingerprint density at radius 3 is 2.77 bits per heavy atom. The number of ether oxygens (including phenoxy) is 2. The van der Waals surface area contributed by atoms with Crippen LogP contribution in [0.4, 0.5) is 0 Å². The van der Waals surface area contributed by atoms with Gasteiger partial charge in [-0.15, -0.1) is 0 Å². The molecule has 0 saturated carbocycles. The van der Waals surface area contributed by atoms with Gasteiger partial charge in [0.25, 0.3) is 0 Å². The Morgan fingerprint density at radius 2 is 2.15 bits per heavy atom. The number of aromatic amines is 1. The molecule has 0 bridgehead atoms. The minimum absolute atomic E-state index is 0.156. The van der Waals surface area contributed by atoms with Crippen LogP contribution in [0.25, 0.3) is 6.08 Å². The quantitative estimate of drug-likeness (QED) is 0.339. The Labute approximate surface area is 151 Å². The van der Waals surface area contributed by atoms with E-state index in [4.69, 9.17) is 9.47 Å². The van der Waals surface area contributed by atoms with Gasteiger partial charge < -0.3 is 19.0 Å². The highest BCUT2D eigenvalue weighted by atomic mass is 16.5. The molecule has 0 atom stereocenters. The lowest BCUT2D eigenvalue weighted by molar-refractivity contribution is -0.137. The lowest BCUT2D eigenvalue weighted by atomic mass is 10.1. The maximum Gasteiger partial charge on any atom is 0.349 e. The first-order valence-electron chi connectivity index (χ1n) is 8.09. The molecule has 0 aliphatic heterocycles. The molecule has 7 nitrogen and oxygen atoms in total. The summed E-state index contributed by atoms with van der Waals surface area (Å²) in [6, 6.07) is 7.00. The van der Waals surface area contributed by atoms with Crippen LogP contribution in [0.2, 0.25) is 0 Å². The predicted octanol–water partition coefficient (Wildman–Crippen LogP) is 2.41. The van der Waals surface area contributed by atoms with E-state index in [1.54, 1.807) is 25.4 Å². The number of aromatic nitrogens is 2. The Kier molecular flexibility index (Phi) is 6.53. The van der Waals surface area contributed by atoms with E-state index < -0.39 is 12.6 Å². The molecular weight excluding hydrogens is 334 g/mol. The summed E-state index contributed by atoms with van der Waals surface area (Å²) in [5.74, 6) is -1.19. The van der Waals surface area contributed by atoms with Crippen molar-refractivity contribution in [2.45, 2.75) is 20.4 Å². The summed E-state index contributed by atoms with van der Waals surface area (Å²) >= 11 is 0. The van der Waals surface area contributed by atoms with E-state index in [0.717, 1.165) is 17.0 Å². The fraction of sp³-hybridized carbons (Fsp3) is 0.316. The van der Waals surface area contributed by atoms with Gasteiger partial charge in [-0.25, -0.2) is 4.79 Å². The Bertz CT molecular complexity index is 854. The van der Waals surface area contributed by atoms with Crippen LogP contribution in [-0.2, 0) is 20.8 Å². The number of methoxy groups -OCH3 is 1. The van der Waals surface area contributed by atoms with Crippen LogP contribution in [0, 0.1) is 25.2 Å². The van der Waals surface area contributed by atoms with E-state index in [1.165, 1.54) is 6.08 Å². The molecule has 0 amide bonds. The number of H-pyrrole nitrogens is 1. The van der Waals surface area contributed by atoms with Crippen molar-refractivity contribution in [1.82, 2.24) is 9.55 Å². The molecule has 2 aromatic heterocycles. The largest absolute Gasteiger partial charge is 0.453 e. The maximum absolute atomic E-state index is 12.1. The molecule has 0 aromatic carbocycles. The molecular formula is C19H21N3O4.